The molecule has 6 nitrogen and oxygen atoms in total. The van der Waals surface area contributed by atoms with Gasteiger partial charge in [0.05, 0.1) is 11.9 Å². The van der Waals surface area contributed by atoms with Crippen LogP contribution in [0.4, 0.5) is 5.69 Å². The average molecular weight is 300 g/mol. The number of hydrogen-bond donors (Lipinski definition) is 2. The average Bonchev–Trinajstić information content (AvgIpc) is 2.34. The number of ether oxygens (including phenoxy) is 1. The second kappa shape index (κ2) is 5.70. The fourth-order valence-electron chi connectivity index (χ4n) is 1.47. The van der Waals surface area contributed by atoms with Gasteiger partial charge in [0.2, 0.25) is 0 Å². The number of carbonyl (C=O) groups is 1. The zero-order chi connectivity index (χ0) is 15.6. The van der Waals surface area contributed by atoms with Gasteiger partial charge in [-0.05, 0) is 26.0 Å². The minimum absolute atomic E-state index is 0.0118. The van der Waals surface area contributed by atoms with Crippen molar-refractivity contribution in [2.75, 3.05) is 25.6 Å². The lowest BCUT2D eigenvalue weighted by molar-refractivity contribution is 0.0948. The maximum atomic E-state index is 12.2. The summed E-state index contributed by atoms with van der Waals surface area (Å²) in [6.45, 7) is 3.09. The predicted molar refractivity (Wildman–Crippen MR) is 78.7 cm³/mol. The normalized spacial score (nSPS) is 12.0. The van der Waals surface area contributed by atoms with Crippen molar-refractivity contribution in [3.05, 3.63) is 23.8 Å². The number of rotatable bonds is 5. The number of amides is 1. The van der Waals surface area contributed by atoms with E-state index in [1.54, 1.807) is 32.0 Å². The first-order valence-corrected chi connectivity index (χ1v) is 7.89. The van der Waals surface area contributed by atoms with E-state index in [0.717, 1.165) is 6.26 Å². The van der Waals surface area contributed by atoms with Gasteiger partial charge in [0, 0.05) is 18.5 Å². The van der Waals surface area contributed by atoms with Crippen LogP contribution in [0.5, 0.6) is 5.75 Å². The molecule has 0 heterocycles. The van der Waals surface area contributed by atoms with E-state index >= 15 is 0 Å². The number of nitrogens with two attached hydrogens (primary N) is 1. The molecule has 0 unspecified atom stereocenters. The number of anilines is 1. The molecule has 7 heteroatoms. The van der Waals surface area contributed by atoms with E-state index in [1.165, 1.54) is 7.11 Å². The summed E-state index contributed by atoms with van der Waals surface area (Å²) < 4.78 is 27.2. The highest BCUT2D eigenvalue weighted by molar-refractivity contribution is 7.92. The highest BCUT2D eigenvalue weighted by Gasteiger charge is 2.31. The number of nitrogen functional groups attached to an aromatic ring is 1. The number of benzene rings is 1. The molecule has 0 bridgehead atoms. The Hall–Kier alpha value is -1.76. The Balaban J connectivity index is 2.94. The summed E-state index contributed by atoms with van der Waals surface area (Å²) in [4.78, 5) is 12.2. The van der Waals surface area contributed by atoms with Crippen LogP contribution in [0.2, 0.25) is 0 Å². The summed E-state index contributed by atoms with van der Waals surface area (Å²) in [7, 11) is -1.85. The zero-order valence-corrected chi connectivity index (χ0v) is 12.9. The summed E-state index contributed by atoms with van der Waals surface area (Å²) in [6, 6.07) is 4.87. The quantitative estimate of drug-likeness (QED) is 0.785. The van der Waals surface area contributed by atoms with Crippen molar-refractivity contribution >= 4 is 21.4 Å². The Bertz CT molecular complexity index is 609. The van der Waals surface area contributed by atoms with E-state index in [0.29, 0.717) is 5.75 Å². The molecule has 1 aromatic rings. The summed E-state index contributed by atoms with van der Waals surface area (Å²) in [6.07, 6.45) is 1.14. The fraction of sp³-hybridized carbons (Fsp3) is 0.462. The van der Waals surface area contributed by atoms with Gasteiger partial charge in [0.1, 0.15) is 11.3 Å². The summed E-state index contributed by atoms with van der Waals surface area (Å²) in [5, 5.41) is 2.58. The van der Waals surface area contributed by atoms with Crippen molar-refractivity contribution in [2.24, 2.45) is 0 Å². The number of carbonyl (C=O) groups excluding carboxylic acids is 1. The highest BCUT2D eigenvalue weighted by Crippen LogP contribution is 2.24. The summed E-state index contributed by atoms with van der Waals surface area (Å²) in [5.74, 6) is -0.115. The van der Waals surface area contributed by atoms with Crippen molar-refractivity contribution in [3.63, 3.8) is 0 Å². The van der Waals surface area contributed by atoms with E-state index < -0.39 is 20.5 Å². The largest absolute Gasteiger partial charge is 0.496 e. The third kappa shape index (κ3) is 3.41. The molecule has 0 saturated carbocycles. The molecule has 0 aliphatic heterocycles. The van der Waals surface area contributed by atoms with Crippen LogP contribution in [0.15, 0.2) is 18.2 Å². The Morgan fingerprint density at radius 2 is 2.00 bits per heavy atom. The molecule has 20 heavy (non-hydrogen) atoms. The topological polar surface area (TPSA) is 98.5 Å². The number of hydrogen-bond acceptors (Lipinski definition) is 5. The van der Waals surface area contributed by atoms with E-state index in [1.807, 2.05) is 0 Å². The molecule has 0 spiro atoms. The Morgan fingerprint density at radius 1 is 1.40 bits per heavy atom. The first-order valence-electron chi connectivity index (χ1n) is 6.00. The van der Waals surface area contributed by atoms with Crippen molar-refractivity contribution in [1.29, 1.82) is 0 Å². The lowest BCUT2D eigenvalue weighted by Crippen LogP contribution is -2.43. The molecule has 0 aliphatic carbocycles. The second-order valence-electron chi connectivity index (χ2n) is 5.14. The highest BCUT2D eigenvalue weighted by atomic mass is 32.2. The minimum atomic E-state index is -3.28. The Labute approximate surface area is 119 Å². The standard InChI is InChI=1S/C13H20N2O4S/c1-13(2,20(4,17)18)8-15-12(16)11-9(14)6-5-7-10(11)19-3/h5-7H,8,14H2,1-4H3,(H,15,16). The third-order valence-electron chi connectivity index (χ3n) is 3.18. The Morgan fingerprint density at radius 3 is 2.50 bits per heavy atom. The molecular formula is C13H20N2O4S. The predicted octanol–water partition coefficient (Wildman–Crippen LogP) is 0.830. The van der Waals surface area contributed by atoms with Gasteiger partial charge in [0.25, 0.3) is 5.91 Å². The van der Waals surface area contributed by atoms with E-state index in [4.69, 9.17) is 10.5 Å². The molecule has 1 aromatic carbocycles. The van der Waals surface area contributed by atoms with Gasteiger partial charge < -0.3 is 15.8 Å². The summed E-state index contributed by atoms with van der Waals surface area (Å²) in [5.41, 5.74) is 6.25. The van der Waals surface area contributed by atoms with Crippen molar-refractivity contribution in [1.82, 2.24) is 5.32 Å². The van der Waals surface area contributed by atoms with Crippen LogP contribution in [-0.2, 0) is 9.84 Å². The molecular weight excluding hydrogens is 280 g/mol. The third-order valence-corrected chi connectivity index (χ3v) is 5.34. The lowest BCUT2D eigenvalue weighted by atomic mass is 10.1. The smallest absolute Gasteiger partial charge is 0.257 e. The molecule has 0 saturated heterocycles. The van der Waals surface area contributed by atoms with Gasteiger partial charge >= 0.3 is 0 Å². The Kier molecular flexibility index (Phi) is 4.65. The van der Waals surface area contributed by atoms with Gasteiger partial charge in [0.15, 0.2) is 9.84 Å². The molecule has 1 amide bonds. The summed E-state index contributed by atoms with van der Waals surface area (Å²) >= 11 is 0. The van der Waals surface area contributed by atoms with Crippen LogP contribution in [-0.4, -0.2) is 39.0 Å². The molecule has 0 fully saturated rings. The maximum absolute atomic E-state index is 12.2. The second-order valence-corrected chi connectivity index (χ2v) is 7.79. The molecule has 0 aliphatic rings. The van der Waals surface area contributed by atoms with Crippen LogP contribution < -0.4 is 15.8 Å². The number of methoxy groups -OCH3 is 1. The van der Waals surface area contributed by atoms with Gasteiger partial charge in [-0.15, -0.1) is 0 Å². The van der Waals surface area contributed by atoms with Crippen LogP contribution in [0.1, 0.15) is 24.2 Å². The molecule has 0 atom stereocenters. The minimum Gasteiger partial charge on any atom is -0.496 e. The number of sulfone groups is 1. The maximum Gasteiger partial charge on any atom is 0.257 e. The van der Waals surface area contributed by atoms with E-state index in [2.05, 4.69) is 5.32 Å². The van der Waals surface area contributed by atoms with Crippen LogP contribution >= 0.6 is 0 Å². The molecule has 3 N–H and O–H groups in total. The number of nitrogens with one attached hydrogen (secondary N) is 1. The van der Waals surface area contributed by atoms with Crippen molar-refractivity contribution < 1.29 is 17.9 Å². The van der Waals surface area contributed by atoms with E-state index in [9.17, 15) is 13.2 Å². The van der Waals surface area contributed by atoms with Crippen LogP contribution in [0, 0.1) is 0 Å². The molecule has 1 rings (SSSR count). The molecule has 0 aromatic heterocycles. The van der Waals surface area contributed by atoms with Gasteiger partial charge in [-0.25, -0.2) is 8.42 Å². The first-order chi connectivity index (χ1) is 9.10. The zero-order valence-electron chi connectivity index (χ0n) is 12.1. The first kappa shape index (κ1) is 16.3. The SMILES string of the molecule is COc1cccc(N)c1C(=O)NCC(C)(C)S(C)(=O)=O. The van der Waals surface area contributed by atoms with Crippen LogP contribution in [0.3, 0.4) is 0 Å². The van der Waals surface area contributed by atoms with Crippen molar-refractivity contribution in [2.45, 2.75) is 18.6 Å². The fourth-order valence-corrected chi connectivity index (χ4v) is 1.81. The molecule has 0 radical (unpaired) electrons. The lowest BCUT2D eigenvalue weighted by Gasteiger charge is -2.23. The van der Waals surface area contributed by atoms with Gasteiger partial charge in [-0.1, -0.05) is 6.07 Å². The van der Waals surface area contributed by atoms with Crippen LogP contribution in [0.25, 0.3) is 0 Å². The molecule has 112 valence electrons. The monoisotopic (exact) mass is 300 g/mol. The van der Waals surface area contributed by atoms with Gasteiger partial charge in [-0.3, -0.25) is 4.79 Å². The van der Waals surface area contributed by atoms with Crippen molar-refractivity contribution in [3.8, 4) is 5.75 Å². The van der Waals surface area contributed by atoms with E-state index in [-0.39, 0.29) is 17.8 Å². The van der Waals surface area contributed by atoms with Gasteiger partial charge in [-0.2, -0.15) is 0 Å².